The molecule has 7 heteroatoms. The van der Waals surface area contributed by atoms with E-state index in [9.17, 15) is 4.79 Å². The number of carbonyl (C=O) groups is 1. The first-order valence-corrected chi connectivity index (χ1v) is 10.1. The minimum atomic E-state index is -0.231. The second-order valence-corrected chi connectivity index (χ2v) is 7.73. The summed E-state index contributed by atoms with van der Waals surface area (Å²) in [5, 5.41) is 6.93. The molecule has 1 heterocycles. The molecule has 156 valence electrons. The van der Waals surface area contributed by atoms with Gasteiger partial charge in [-0.3, -0.25) is 4.99 Å². The highest BCUT2D eigenvalue weighted by atomic mass is 127. The Morgan fingerprint density at radius 2 is 1.93 bits per heavy atom. The Labute approximate surface area is 185 Å². The maximum atomic E-state index is 11.6. The van der Waals surface area contributed by atoms with Crippen molar-refractivity contribution in [2.75, 3.05) is 33.3 Å². The van der Waals surface area contributed by atoms with E-state index in [0.717, 1.165) is 51.4 Å². The Balaban J connectivity index is 0.00000280. The highest BCUT2D eigenvalue weighted by Crippen LogP contribution is 2.48. The van der Waals surface area contributed by atoms with Gasteiger partial charge in [-0.15, -0.1) is 24.0 Å². The highest BCUT2D eigenvalue weighted by Gasteiger charge is 2.42. The van der Waals surface area contributed by atoms with Crippen molar-refractivity contribution < 1.29 is 9.53 Å². The number of likely N-dealkylation sites (tertiary alicyclic amines) is 1. The molecule has 2 aliphatic rings. The predicted molar refractivity (Wildman–Crippen MR) is 123 cm³/mol. The number of hydrogen-bond acceptors (Lipinski definition) is 3. The van der Waals surface area contributed by atoms with Gasteiger partial charge in [0, 0.05) is 32.2 Å². The lowest BCUT2D eigenvalue weighted by Gasteiger charge is -2.32. The molecule has 1 aromatic carbocycles. The number of amides is 1. The second kappa shape index (κ2) is 10.9. The molecule has 1 saturated heterocycles. The van der Waals surface area contributed by atoms with E-state index in [1.54, 1.807) is 4.90 Å². The maximum absolute atomic E-state index is 11.6. The van der Waals surface area contributed by atoms with Crippen molar-refractivity contribution in [1.29, 1.82) is 0 Å². The molecule has 1 saturated carbocycles. The Morgan fingerprint density at radius 3 is 2.50 bits per heavy atom. The number of methoxy groups -OCH3 is 1. The van der Waals surface area contributed by atoms with Crippen LogP contribution in [0.1, 0.15) is 38.2 Å². The van der Waals surface area contributed by atoms with Gasteiger partial charge in [0.25, 0.3) is 0 Å². The number of nitrogens with one attached hydrogen (secondary N) is 2. The summed E-state index contributed by atoms with van der Waals surface area (Å²) in [6.45, 7) is 5.24. The lowest BCUT2D eigenvalue weighted by Crippen LogP contribution is -2.50. The van der Waals surface area contributed by atoms with Crippen molar-refractivity contribution in [3.05, 3.63) is 35.9 Å². The van der Waals surface area contributed by atoms with Gasteiger partial charge >= 0.3 is 6.09 Å². The Morgan fingerprint density at radius 1 is 1.25 bits per heavy atom. The summed E-state index contributed by atoms with van der Waals surface area (Å²) in [6.07, 6.45) is 5.20. The first-order valence-electron chi connectivity index (χ1n) is 10.1. The average Bonchev–Trinajstić information content (AvgIpc) is 3.46. The molecule has 1 aromatic rings. The summed E-state index contributed by atoms with van der Waals surface area (Å²) in [5.74, 6) is 0.897. The molecule has 1 amide bonds. The van der Waals surface area contributed by atoms with Crippen LogP contribution in [0.5, 0.6) is 0 Å². The highest BCUT2D eigenvalue weighted by molar-refractivity contribution is 14.0. The molecule has 0 atom stereocenters. The van der Waals surface area contributed by atoms with E-state index in [0.29, 0.717) is 11.5 Å². The molecule has 2 fully saturated rings. The van der Waals surface area contributed by atoms with E-state index in [-0.39, 0.29) is 30.1 Å². The molecule has 0 radical (unpaired) electrons. The van der Waals surface area contributed by atoms with Gasteiger partial charge in [0.1, 0.15) is 0 Å². The molecule has 3 rings (SSSR count). The topological polar surface area (TPSA) is 66.0 Å². The first kappa shape index (κ1) is 22.8. The van der Waals surface area contributed by atoms with Crippen molar-refractivity contribution in [3.63, 3.8) is 0 Å². The number of hydrogen-bond donors (Lipinski definition) is 2. The van der Waals surface area contributed by atoms with Crippen molar-refractivity contribution in [1.82, 2.24) is 15.5 Å². The van der Waals surface area contributed by atoms with Gasteiger partial charge in [-0.1, -0.05) is 30.3 Å². The molecule has 6 nitrogen and oxygen atoms in total. The number of aliphatic imine (C=N–C) groups is 1. The third-order valence-electron chi connectivity index (χ3n) is 5.56. The number of nitrogens with zero attached hydrogens (tertiary/aromatic N) is 2. The number of rotatable bonds is 6. The molecular formula is C21H33IN4O2. The molecule has 28 heavy (non-hydrogen) atoms. The average molecular weight is 500 g/mol. The smallest absolute Gasteiger partial charge is 0.409 e. The molecule has 0 aromatic heterocycles. The SMILES string of the molecule is CCNC(=NCC1(Cc2ccccc2)CC1)NC1CCN(C(=O)OC)CC1.I. The summed E-state index contributed by atoms with van der Waals surface area (Å²) in [7, 11) is 1.44. The largest absolute Gasteiger partial charge is 0.453 e. The van der Waals surface area contributed by atoms with Crippen LogP contribution in [0.15, 0.2) is 35.3 Å². The van der Waals surface area contributed by atoms with Gasteiger partial charge in [0.15, 0.2) is 5.96 Å². The van der Waals surface area contributed by atoms with Crippen LogP contribution in [0.3, 0.4) is 0 Å². The predicted octanol–water partition coefficient (Wildman–Crippen LogP) is 3.41. The van der Waals surface area contributed by atoms with Crippen LogP contribution in [0.4, 0.5) is 4.79 Å². The third kappa shape index (κ3) is 6.53. The van der Waals surface area contributed by atoms with Crippen LogP contribution in [0.2, 0.25) is 0 Å². The number of guanidine groups is 1. The zero-order valence-electron chi connectivity index (χ0n) is 16.9. The van der Waals surface area contributed by atoms with E-state index in [1.165, 1.54) is 25.5 Å². The van der Waals surface area contributed by atoms with Crippen LogP contribution >= 0.6 is 24.0 Å². The molecule has 2 N–H and O–H groups in total. The Kier molecular flexibility index (Phi) is 8.85. The number of halogens is 1. The van der Waals surface area contributed by atoms with Gasteiger partial charge in [-0.05, 0) is 50.0 Å². The summed E-state index contributed by atoms with van der Waals surface area (Å²) in [6, 6.07) is 11.1. The molecule has 0 unspecified atom stereocenters. The van der Waals surface area contributed by atoms with Gasteiger partial charge < -0.3 is 20.3 Å². The Hall–Kier alpha value is -1.51. The first-order chi connectivity index (χ1) is 13.1. The third-order valence-corrected chi connectivity index (χ3v) is 5.56. The van der Waals surface area contributed by atoms with E-state index in [2.05, 4.69) is 47.9 Å². The molecule has 1 aliphatic carbocycles. The molecular weight excluding hydrogens is 467 g/mol. The summed E-state index contributed by atoms with van der Waals surface area (Å²) in [5.41, 5.74) is 1.73. The lowest BCUT2D eigenvalue weighted by atomic mass is 9.97. The second-order valence-electron chi connectivity index (χ2n) is 7.73. The molecule has 0 bridgehead atoms. The minimum absolute atomic E-state index is 0. The lowest BCUT2D eigenvalue weighted by molar-refractivity contribution is 0.111. The molecule has 1 aliphatic heterocycles. The van der Waals surface area contributed by atoms with Gasteiger partial charge in [-0.25, -0.2) is 4.79 Å². The van der Waals surface area contributed by atoms with Crippen molar-refractivity contribution in [2.24, 2.45) is 10.4 Å². The van der Waals surface area contributed by atoms with E-state index >= 15 is 0 Å². The monoisotopic (exact) mass is 500 g/mol. The van der Waals surface area contributed by atoms with E-state index in [4.69, 9.17) is 9.73 Å². The van der Waals surface area contributed by atoms with Gasteiger partial charge in [0.2, 0.25) is 0 Å². The quantitative estimate of drug-likeness (QED) is 0.357. The summed E-state index contributed by atoms with van der Waals surface area (Å²) >= 11 is 0. The van der Waals surface area contributed by atoms with Crippen LogP contribution in [-0.4, -0.2) is 56.3 Å². The zero-order chi connectivity index (χ0) is 19.1. The van der Waals surface area contributed by atoms with Crippen LogP contribution in [0, 0.1) is 5.41 Å². The maximum Gasteiger partial charge on any atom is 0.409 e. The minimum Gasteiger partial charge on any atom is -0.453 e. The summed E-state index contributed by atoms with van der Waals surface area (Å²) < 4.78 is 4.81. The van der Waals surface area contributed by atoms with Crippen LogP contribution < -0.4 is 10.6 Å². The van der Waals surface area contributed by atoms with Crippen molar-refractivity contribution in [2.45, 2.75) is 45.1 Å². The standard InChI is InChI=1S/C21H32N4O2.HI/c1-3-22-19(24-18-9-13-25(14-10-18)20(26)27-2)23-16-21(11-12-21)15-17-7-5-4-6-8-17;/h4-8,18H,3,9-16H2,1-2H3,(H2,22,23,24);1H. The van der Waals surface area contributed by atoms with Gasteiger partial charge in [-0.2, -0.15) is 0 Å². The number of carbonyl (C=O) groups excluding carboxylic acids is 1. The van der Waals surface area contributed by atoms with E-state index < -0.39 is 0 Å². The van der Waals surface area contributed by atoms with Crippen molar-refractivity contribution >= 4 is 36.0 Å². The van der Waals surface area contributed by atoms with E-state index in [1.807, 2.05) is 0 Å². The summed E-state index contributed by atoms with van der Waals surface area (Å²) in [4.78, 5) is 18.3. The number of benzene rings is 1. The molecule has 0 spiro atoms. The van der Waals surface area contributed by atoms with Crippen molar-refractivity contribution in [3.8, 4) is 0 Å². The zero-order valence-corrected chi connectivity index (χ0v) is 19.3. The fraction of sp³-hybridized carbons (Fsp3) is 0.619. The van der Waals surface area contributed by atoms with Gasteiger partial charge in [0.05, 0.1) is 7.11 Å². The fourth-order valence-corrected chi connectivity index (χ4v) is 3.69. The number of ether oxygens (including phenoxy) is 1. The fourth-order valence-electron chi connectivity index (χ4n) is 3.69. The van der Waals surface area contributed by atoms with Crippen LogP contribution in [-0.2, 0) is 11.2 Å². The number of piperidine rings is 1. The van der Waals surface area contributed by atoms with Crippen LogP contribution in [0.25, 0.3) is 0 Å². The Bertz CT molecular complexity index is 641. The normalized spacial score (nSPS) is 18.8.